The lowest BCUT2D eigenvalue weighted by Crippen LogP contribution is -2.19. The maximum absolute atomic E-state index is 11.0. The highest BCUT2D eigenvalue weighted by Gasteiger charge is 2.25. The van der Waals surface area contributed by atoms with Crippen molar-refractivity contribution in [3.8, 4) is 5.75 Å². The average Bonchev–Trinajstić information content (AvgIpc) is 2.99. The van der Waals surface area contributed by atoms with E-state index in [1.54, 1.807) is 12.1 Å². The molecule has 1 aromatic carbocycles. The number of methoxy groups -OCH3 is 1. The van der Waals surface area contributed by atoms with E-state index in [0.29, 0.717) is 6.54 Å². The number of nitrogens with one attached hydrogen (secondary N) is 1. The summed E-state index contributed by atoms with van der Waals surface area (Å²) in [5, 5.41) is 27.9. The largest absolute Gasteiger partial charge is 0.490 e. The first kappa shape index (κ1) is 16.3. The summed E-state index contributed by atoms with van der Waals surface area (Å²) in [5.41, 5.74) is 2.97. The molecule has 1 atom stereocenters. The van der Waals surface area contributed by atoms with Crippen LogP contribution in [0.2, 0.25) is 0 Å². The molecule has 1 aliphatic carbocycles. The standard InChI is InChI=1S/C16H20N4O4/c1-24-16-9-11(5-6-15(16)20(22)23)18-13-3-2-4-14-12(13)10-17-19(14)7-8-21/h5-6,9-10,13,18,21H,2-4,7-8H2,1H3. The van der Waals surface area contributed by atoms with E-state index < -0.39 is 4.92 Å². The van der Waals surface area contributed by atoms with Crippen LogP contribution < -0.4 is 10.1 Å². The zero-order chi connectivity index (χ0) is 17.1. The van der Waals surface area contributed by atoms with Crippen LogP contribution in [0.25, 0.3) is 0 Å². The fourth-order valence-electron chi connectivity index (χ4n) is 3.18. The molecule has 0 fully saturated rings. The Kier molecular flexibility index (Phi) is 4.66. The first-order chi connectivity index (χ1) is 11.6. The number of aliphatic hydroxyl groups is 1. The van der Waals surface area contributed by atoms with Gasteiger partial charge in [0.1, 0.15) is 0 Å². The Labute approximate surface area is 139 Å². The topological polar surface area (TPSA) is 102 Å². The van der Waals surface area contributed by atoms with Gasteiger partial charge in [0.2, 0.25) is 0 Å². The van der Waals surface area contributed by atoms with E-state index in [9.17, 15) is 10.1 Å². The molecule has 3 rings (SSSR count). The second-order valence-electron chi connectivity index (χ2n) is 5.73. The van der Waals surface area contributed by atoms with Crippen LogP contribution in [0, 0.1) is 10.1 Å². The van der Waals surface area contributed by atoms with E-state index in [-0.39, 0.29) is 24.1 Å². The molecule has 0 radical (unpaired) electrons. The van der Waals surface area contributed by atoms with Crippen molar-refractivity contribution in [3.63, 3.8) is 0 Å². The quantitative estimate of drug-likeness (QED) is 0.621. The molecule has 1 heterocycles. The first-order valence-electron chi connectivity index (χ1n) is 7.88. The molecule has 0 amide bonds. The number of fused-ring (bicyclic) bond motifs is 1. The Bertz CT molecular complexity index is 744. The molecule has 128 valence electrons. The van der Waals surface area contributed by atoms with Gasteiger partial charge >= 0.3 is 5.69 Å². The molecular weight excluding hydrogens is 312 g/mol. The van der Waals surface area contributed by atoms with Crippen molar-refractivity contribution in [2.24, 2.45) is 0 Å². The number of nitro benzene ring substituents is 1. The van der Waals surface area contributed by atoms with Gasteiger partial charge in [0.25, 0.3) is 0 Å². The summed E-state index contributed by atoms with van der Waals surface area (Å²) < 4.78 is 6.96. The van der Waals surface area contributed by atoms with E-state index in [1.807, 2.05) is 10.9 Å². The third-order valence-electron chi connectivity index (χ3n) is 4.29. The Morgan fingerprint density at radius 2 is 2.38 bits per heavy atom. The van der Waals surface area contributed by atoms with Crippen molar-refractivity contribution in [1.82, 2.24) is 9.78 Å². The van der Waals surface area contributed by atoms with Gasteiger partial charge in [-0.25, -0.2) is 0 Å². The Balaban J connectivity index is 1.84. The molecule has 0 spiro atoms. The molecule has 1 aliphatic rings. The molecule has 0 bridgehead atoms. The third kappa shape index (κ3) is 3.05. The van der Waals surface area contributed by atoms with E-state index in [0.717, 1.165) is 36.2 Å². The van der Waals surface area contributed by atoms with Gasteiger partial charge in [-0.05, 0) is 25.3 Å². The number of hydrogen-bond acceptors (Lipinski definition) is 6. The minimum absolute atomic E-state index is 0.0526. The predicted molar refractivity (Wildman–Crippen MR) is 88.3 cm³/mol. The van der Waals surface area contributed by atoms with Gasteiger partial charge in [-0.3, -0.25) is 14.8 Å². The lowest BCUT2D eigenvalue weighted by atomic mass is 9.92. The van der Waals surface area contributed by atoms with Crippen LogP contribution in [0.15, 0.2) is 24.4 Å². The lowest BCUT2D eigenvalue weighted by molar-refractivity contribution is -0.385. The molecule has 8 nitrogen and oxygen atoms in total. The fourth-order valence-corrected chi connectivity index (χ4v) is 3.18. The van der Waals surface area contributed by atoms with E-state index in [1.165, 1.54) is 13.2 Å². The number of aromatic nitrogens is 2. The van der Waals surface area contributed by atoms with Crippen LogP contribution in [-0.2, 0) is 13.0 Å². The average molecular weight is 332 g/mol. The summed E-state index contributed by atoms with van der Waals surface area (Å²) in [4.78, 5) is 10.5. The van der Waals surface area contributed by atoms with Crippen molar-refractivity contribution in [3.05, 3.63) is 45.8 Å². The first-order valence-corrected chi connectivity index (χ1v) is 7.88. The van der Waals surface area contributed by atoms with Gasteiger partial charge in [0, 0.05) is 29.1 Å². The number of anilines is 1. The van der Waals surface area contributed by atoms with Gasteiger partial charge in [0.05, 0.1) is 37.4 Å². The molecular formula is C16H20N4O4. The Morgan fingerprint density at radius 1 is 1.54 bits per heavy atom. The third-order valence-corrected chi connectivity index (χ3v) is 4.29. The molecule has 0 saturated heterocycles. The summed E-state index contributed by atoms with van der Waals surface area (Å²) in [5.74, 6) is 0.233. The van der Waals surface area contributed by atoms with Crippen LogP contribution in [0.5, 0.6) is 5.75 Å². The van der Waals surface area contributed by atoms with Crippen LogP contribution in [0.3, 0.4) is 0 Å². The Morgan fingerprint density at radius 3 is 3.08 bits per heavy atom. The number of benzene rings is 1. The number of hydrogen-bond donors (Lipinski definition) is 2. The van der Waals surface area contributed by atoms with E-state index >= 15 is 0 Å². The summed E-state index contributed by atoms with van der Waals surface area (Å²) in [7, 11) is 1.42. The number of rotatable bonds is 6. The molecule has 0 saturated carbocycles. The van der Waals surface area contributed by atoms with Gasteiger partial charge in [-0.2, -0.15) is 5.10 Å². The van der Waals surface area contributed by atoms with E-state index in [4.69, 9.17) is 9.84 Å². The number of nitrogens with zero attached hydrogens (tertiary/aromatic N) is 3. The monoisotopic (exact) mass is 332 g/mol. The van der Waals surface area contributed by atoms with Crippen LogP contribution in [-0.4, -0.2) is 33.5 Å². The molecule has 1 unspecified atom stereocenters. The summed E-state index contributed by atoms with van der Waals surface area (Å²) >= 11 is 0. The SMILES string of the molecule is COc1cc(NC2CCCc3c2cnn3CCO)ccc1[N+](=O)[O-]. The lowest BCUT2D eigenvalue weighted by Gasteiger charge is -2.25. The zero-order valence-electron chi connectivity index (χ0n) is 13.4. The number of nitro groups is 1. The number of ether oxygens (including phenoxy) is 1. The predicted octanol–water partition coefficient (Wildman–Crippen LogP) is 2.28. The minimum atomic E-state index is -0.458. The van der Waals surface area contributed by atoms with Gasteiger partial charge in [-0.15, -0.1) is 0 Å². The maximum atomic E-state index is 11.0. The van der Waals surface area contributed by atoms with Crippen LogP contribution >= 0.6 is 0 Å². The highest BCUT2D eigenvalue weighted by molar-refractivity contribution is 5.58. The smallest absolute Gasteiger partial charge is 0.311 e. The number of aliphatic hydroxyl groups excluding tert-OH is 1. The van der Waals surface area contributed by atoms with E-state index in [2.05, 4.69) is 10.4 Å². The van der Waals surface area contributed by atoms with Gasteiger partial charge in [-0.1, -0.05) is 0 Å². The second kappa shape index (κ2) is 6.88. The van der Waals surface area contributed by atoms with Gasteiger partial charge in [0.15, 0.2) is 5.75 Å². The second-order valence-corrected chi connectivity index (χ2v) is 5.73. The molecule has 2 N–H and O–H groups in total. The van der Waals surface area contributed by atoms with Gasteiger partial charge < -0.3 is 15.2 Å². The van der Waals surface area contributed by atoms with Crippen molar-refractivity contribution in [2.75, 3.05) is 19.0 Å². The molecule has 2 aromatic rings. The fraction of sp³-hybridized carbons (Fsp3) is 0.438. The van der Waals surface area contributed by atoms with Crippen molar-refractivity contribution in [1.29, 1.82) is 0 Å². The van der Waals surface area contributed by atoms with Crippen molar-refractivity contribution < 1.29 is 14.8 Å². The summed E-state index contributed by atoms with van der Waals surface area (Å²) in [6, 6.07) is 4.87. The van der Waals surface area contributed by atoms with Crippen molar-refractivity contribution >= 4 is 11.4 Å². The maximum Gasteiger partial charge on any atom is 0.311 e. The summed E-state index contributed by atoms with van der Waals surface area (Å²) in [6.45, 7) is 0.555. The van der Waals surface area contributed by atoms with Crippen LogP contribution in [0.1, 0.15) is 30.1 Å². The zero-order valence-corrected chi connectivity index (χ0v) is 13.4. The Hall–Kier alpha value is -2.61. The molecule has 24 heavy (non-hydrogen) atoms. The minimum Gasteiger partial charge on any atom is -0.490 e. The molecule has 0 aliphatic heterocycles. The summed E-state index contributed by atoms with van der Waals surface area (Å²) in [6.07, 6.45) is 4.75. The molecule has 1 aromatic heterocycles. The molecule has 8 heteroatoms. The van der Waals surface area contributed by atoms with Crippen LogP contribution in [0.4, 0.5) is 11.4 Å². The van der Waals surface area contributed by atoms with Crippen molar-refractivity contribution in [2.45, 2.75) is 31.8 Å². The normalized spacial score (nSPS) is 16.5. The highest BCUT2D eigenvalue weighted by atomic mass is 16.6. The highest BCUT2D eigenvalue weighted by Crippen LogP contribution is 2.35.